The lowest BCUT2D eigenvalue weighted by molar-refractivity contribution is 0.108. The van der Waals surface area contributed by atoms with E-state index < -0.39 is 5.24 Å². The van der Waals surface area contributed by atoms with Gasteiger partial charge >= 0.3 is 0 Å². The molecule has 122 valence electrons. The molecular formula is C18H11ClN4O2. The Balaban J connectivity index is 0.000000146. The number of hydrogen-bond donors (Lipinski definition) is 0. The van der Waals surface area contributed by atoms with Crippen LogP contribution >= 0.6 is 11.6 Å². The largest absolute Gasteiger partial charge is 0.298 e. The van der Waals surface area contributed by atoms with Gasteiger partial charge < -0.3 is 0 Å². The molecule has 0 bridgehead atoms. The summed E-state index contributed by atoms with van der Waals surface area (Å²) >= 11 is 5.32. The van der Waals surface area contributed by atoms with Gasteiger partial charge in [-0.25, -0.2) is 0 Å². The third kappa shape index (κ3) is 3.99. The lowest BCUT2D eigenvalue weighted by Gasteiger charge is -1.96. The van der Waals surface area contributed by atoms with Gasteiger partial charge in [-0.1, -0.05) is 0 Å². The molecule has 0 saturated heterocycles. The van der Waals surface area contributed by atoms with Crippen molar-refractivity contribution >= 4 is 45.2 Å². The Kier molecular flexibility index (Phi) is 5.01. The van der Waals surface area contributed by atoms with Crippen molar-refractivity contribution < 1.29 is 9.59 Å². The van der Waals surface area contributed by atoms with Crippen molar-refractivity contribution in [1.29, 1.82) is 0 Å². The van der Waals surface area contributed by atoms with Crippen LogP contribution in [0.2, 0.25) is 0 Å². The molecule has 4 aromatic rings. The fourth-order valence-corrected chi connectivity index (χ4v) is 2.26. The summed E-state index contributed by atoms with van der Waals surface area (Å²) < 4.78 is 0. The van der Waals surface area contributed by atoms with Gasteiger partial charge in [-0.2, -0.15) is 0 Å². The van der Waals surface area contributed by atoms with Crippen molar-refractivity contribution in [1.82, 2.24) is 19.9 Å². The van der Waals surface area contributed by atoms with Crippen molar-refractivity contribution in [2.75, 3.05) is 0 Å². The molecule has 6 nitrogen and oxygen atoms in total. The molecule has 0 fully saturated rings. The highest BCUT2D eigenvalue weighted by atomic mass is 35.5. The van der Waals surface area contributed by atoms with Gasteiger partial charge in [0.05, 0.1) is 22.1 Å². The molecular weight excluding hydrogens is 340 g/mol. The van der Waals surface area contributed by atoms with Gasteiger partial charge in [-0.3, -0.25) is 29.5 Å². The van der Waals surface area contributed by atoms with E-state index in [0.29, 0.717) is 16.6 Å². The summed E-state index contributed by atoms with van der Waals surface area (Å²) in [7, 11) is 0. The highest BCUT2D eigenvalue weighted by molar-refractivity contribution is 6.67. The minimum Gasteiger partial charge on any atom is -0.298 e. The van der Waals surface area contributed by atoms with E-state index in [1.54, 1.807) is 61.2 Å². The van der Waals surface area contributed by atoms with Gasteiger partial charge in [0.1, 0.15) is 6.29 Å². The minimum atomic E-state index is -0.479. The number of hydrogen-bond acceptors (Lipinski definition) is 6. The molecule has 0 aliphatic carbocycles. The summed E-state index contributed by atoms with van der Waals surface area (Å²) in [4.78, 5) is 37.5. The van der Waals surface area contributed by atoms with Gasteiger partial charge in [0.2, 0.25) is 0 Å². The molecule has 2 aromatic heterocycles. The monoisotopic (exact) mass is 350 g/mol. The highest BCUT2D eigenvalue weighted by Gasteiger charge is 2.02. The summed E-state index contributed by atoms with van der Waals surface area (Å²) in [5.74, 6) is 0. The zero-order valence-corrected chi connectivity index (χ0v) is 13.6. The molecule has 0 spiro atoms. The summed E-state index contributed by atoms with van der Waals surface area (Å²) in [5.41, 5.74) is 4.06. The molecule has 0 radical (unpaired) electrons. The standard InChI is InChI=1S/C9H5ClN2O.C9H6N2O/c10-9(13)6-1-2-7-8(5-6)12-4-3-11-7;12-6-7-1-2-8-9(5-7)11-4-3-10-8/h1-5H;1-6H. The lowest BCUT2D eigenvalue weighted by atomic mass is 10.2. The number of rotatable bonds is 2. The van der Waals surface area contributed by atoms with E-state index in [2.05, 4.69) is 19.9 Å². The van der Waals surface area contributed by atoms with E-state index in [0.717, 1.165) is 22.8 Å². The fourth-order valence-electron chi connectivity index (χ4n) is 2.14. The molecule has 0 aliphatic rings. The molecule has 0 unspecified atom stereocenters. The van der Waals surface area contributed by atoms with Crippen LogP contribution in [-0.4, -0.2) is 31.5 Å². The Morgan fingerprint density at radius 1 is 0.760 bits per heavy atom. The van der Waals surface area contributed by atoms with Crippen LogP contribution in [-0.2, 0) is 0 Å². The Bertz CT molecular complexity index is 1070. The summed E-state index contributed by atoms with van der Waals surface area (Å²) in [5, 5.41) is -0.479. The van der Waals surface area contributed by atoms with Crippen LogP contribution in [0, 0.1) is 0 Å². The number of halogens is 1. The molecule has 0 aliphatic heterocycles. The van der Waals surface area contributed by atoms with E-state index in [9.17, 15) is 9.59 Å². The third-order valence-electron chi connectivity index (χ3n) is 3.33. The van der Waals surface area contributed by atoms with Crippen LogP contribution in [0.1, 0.15) is 20.7 Å². The SMILES string of the molecule is O=C(Cl)c1ccc2nccnc2c1.O=Cc1ccc2nccnc2c1. The molecule has 7 heteroatoms. The maximum absolute atomic E-state index is 10.8. The van der Waals surface area contributed by atoms with Crippen molar-refractivity contribution in [3.8, 4) is 0 Å². The predicted octanol–water partition coefficient (Wildman–Crippen LogP) is 3.45. The second kappa shape index (κ2) is 7.55. The molecule has 0 saturated carbocycles. The number of benzene rings is 2. The van der Waals surface area contributed by atoms with Crippen LogP contribution in [0.15, 0.2) is 61.2 Å². The van der Waals surface area contributed by atoms with E-state index in [1.165, 1.54) is 0 Å². The number of aldehydes is 1. The average molecular weight is 351 g/mol. The van der Waals surface area contributed by atoms with E-state index >= 15 is 0 Å². The molecule has 4 rings (SSSR count). The smallest absolute Gasteiger partial charge is 0.252 e. The van der Waals surface area contributed by atoms with Crippen LogP contribution in [0.5, 0.6) is 0 Å². The highest BCUT2D eigenvalue weighted by Crippen LogP contribution is 2.12. The van der Waals surface area contributed by atoms with E-state index in [4.69, 9.17) is 11.6 Å². The Morgan fingerprint density at radius 3 is 1.84 bits per heavy atom. The Morgan fingerprint density at radius 2 is 1.28 bits per heavy atom. The number of nitrogens with zero attached hydrogens (tertiary/aromatic N) is 4. The van der Waals surface area contributed by atoms with Crippen molar-refractivity contribution in [2.45, 2.75) is 0 Å². The van der Waals surface area contributed by atoms with Gasteiger partial charge in [0.25, 0.3) is 5.24 Å². The van der Waals surface area contributed by atoms with Gasteiger partial charge in [-0.05, 0) is 48.0 Å². The van der Waals surface area contributed by atoms with Crippen molar-refractivity contribution in [2.24, 2.45) is 0 Å². The van der Waals surface area contributed by atoms with Crippen LogP contribution < -0.4 is 0 Å². The zero-order chi connectivity index (χ0) is 17.6. The number of aromatic nitrogens is 4. The summed E-state index contributed by atoms with van der Waals surface area (Å²) in [6, 6.07) is 10.2. The average Bonchev–Trinajstić information content (AvgIpc) is 2.67. The first-order valence-electron chi connectivity index (χ1n) is 7.24. The first-order chi connectivity index (χ1) is 12.2. The lowest BCUT2D eigenvalue weighted by Crippen LogP contribution is -1.90. The van der Waals surface area contributed by atoms with E-state index in [-0.39, 0.29) is 0 Å². The van der Waals surface area contributed by atoms with Gasteiger partial charge in [0, 0.05) is 35.9 Å². The first-order valence-corrected chi connectivity index (χ1v) is 7.62. The third-order valence-corrected chi connectivity index (χ3v) is 3.54. The number of fused-ring (bicyclic) bond motifs is 2. The Labute approximate surface area is 147 Å². The van der Waals surface area contributed by atoms with Crippen LogP contribution in [0.4, 0.5) is 0 Å². The van der Waals surface area contributed by atoms with Crippen molar-refractivity contribution in [3.05, 3.63) is 72.3 Å². The molecule has 2 heterocycles. The van der Waals surface area contributed by atoms with Crippen LogP contribution in [0.3, 0.4) is 0 Å². The number of carbonyl (C=O) groups excluding carboxylic acids is 2. The molecule has 0 N–H and O–H groups in total. The summed E-state index contributed by atoms with van der Waals surface area (Å²) in [6.45, 7) is 0. The van der Waals surface area contributed by atoms with Gasteiger partial charge in [-0.15, -0.1) is 0 Å². The van der Waals surface area contributed by atoms with E-state index in [1.807, 2.05) is 0 Å². The van der Waals surface area contributed by atoms with Gasteiger partial charge in [0.15, 0.2) is 0 Å². The summed E-state index contributed by atoms with van der Waals surface area (Å²) in [6.07, 6.45) is 7.21. The quantitative estimate of drug-likeness (QED) is 0.406. The predicted molar refractivity (Wildman–Crippen MR) is 94.6 cm³/mol. The number of carbonyl (C=O) groups is 2. The zero-order valence-electron chi connectivity index (χ0n) is 12.8. The topological polar surface area (TPSA) is 85.7 Å². The molecule has 0 atom stereocenters. The molecule has 25 heavy (non-hydrogen) atoms. The van der Waals surface area contributed by atoms with Crippen LogP contribution in [0.25, 0.3) is 22.1 Å². The maximum Gasteiger partial charge on any atom is 0.252 e. The Hall–Kier alpha value is -3.25. The molecule has 0 amide bonds. The molecule has 2 aromatic carbocycles. The second-order valence-electron chi connectivity index (χ2n) is 4.96. The second-order valence-corrected chi connectivity index (χ2v) is 5.30. The normalized spacial score (nSPS) is 10.1. The first kappa shape index (κ1) is 16.6. The minimum absolute atomic E-state index is 0.440. The fraction of sp³-hybridized carbons (Fsp3) is 0. The van der Waals surface area contributed by atoms with Crippen molar-refractivity contribution in [3.63, 3.8) is 0 Å². The maximum atomic E-state index is 10.8.